The van der Waals surface area contributed by atoms with Gasteiger partial charge >= 0.3 is 0 Å². The predicted octanol–water partition coefficient (Wildman–Crippen LogP) is 0.00470. The minimum absolute atomic E-state index is 0.00140. The maximum Gasteiger partial charge on any atom is 0.248 e. The van der Waals surface area contributed by atoms with E-state index in [1.54, 1.807) is 14.0 Å². The standard InChI is InChI=1S/C9H19N3O3/c1-6(2)15-5-8(13)12(4)7(3)9(10)11-14/h6-7,14H,5H2,1-4H3,(H2,10,11). The molecule has 0 spiro atoms. The van der Waals surface area contributed by atoms with Crippen LogP contribution in [0.3, 0.4) is 0 Å². The number of carbonyl (C=O) groups excluding carboxylic acids is 1. The topological polar surface area (TPSA) is 88.2 Å². The molecule has 0 aliphatic heterocycles. The summed E-state index contributed by atoms with van der Waals surface area (Å²) in [7, 11) is 1.58. The van der Waals surface area contributed by atoms with Gasteiger partial charge in [0.15, 0.2) is 5.84 Å². The molecule has 6 heteroatoms. The molecule has 1 atom stereocenters. The number of carbonyl (C=O) groups is 1. The van der Waals surface area contributed by atoms with Gasteiger partial charge in [-0.15, -0.1) is 0 Å². The number of rotatable bonds is 5. The highest BCUT2D eigenvalue weighted by Crippen LogP contribution is 1.98. The molecule has 88 valence electrons. The summed E-state index contributed by atoms with van der Waals surface area (Å²) in [6.45, 7) is 5.36. The zero-order chi connectivity index (χ0) is 12.0. The van der Waals surface area contributed by atoms with Gasteiger partial charge in [0, 0.05) is 7.05 Å². The quantitative estimate of drug-likeness (QED) is 0.294. The second-order valence-corrected chi connectivity index (χ2v) is 3.57. The van der Waals surface area contributed by atoms with Crippen molar-refractivity contribution in [2.75, 3.05) is 13.7 Å². The van der Waals surface area contributed by atoms with E-state index in [0.717, 1.165) is 0 Å². The summed E-state index contributed by atoms with van der Waals surface area (Å²) in [5, 5.41) is 11.3. The molecule has 3 N–H and O–H groups in total. The molecule has 0 aliphatic rings. The molecular weight excluding hydrogens is 198 g/mol. The van der Waals surface area contributed by atoms with Gasteiger partial charge in [0.1, 0.15) is 6.61 Å². The van der Waals surface area contributed by atoms with E-state index in [9.17, 15) is 4.79 Å². The van der Waals surface area contributed by atoms with E-state index in [-0.39, 0.29) is 24.5 Å². The number of likely N-dealkylation sites (N-methyl/N-ethyl adjacent to an activating group) is 1. The van der Waals surface area contributed by atoms with E-state index in [0.29, 0.717) is 0 Å². The summed E-state index contributed by atoms with van der Waals surface area (Å²) >= 11 is 0. The summed E-state index contributed by atoms with van der Waals surface area (Å²) in [5.41, 5.74) is 5.38. The molecule has 0 bridgehead atoms. The SMILES string of the molecule is CC(C)OCC(=O)N(C)C(C)C(N)=NO. The number of amides is 1. The van der Waals surface area contributed by atoms with Crippen molar-refractivity contribution in [3.63, 3.8) is 0 Å². The van der Waals surface area contributed by atoms with Gasteiger partial charge in [0.2, 0.25) is 5.91 Å². The highest BCUT2D eigenvalue weighted by Gasteiger charge is 2.19. The zero-order valence-electron chi connectivity index (χ0n) is 9.60. The molecule has 0 aromatic rings. The van der Waals surface area contributed by atoms with Crippen LogP contribution in [0, 0.1) is 0 Å². The predicted molar refractivity (Wildman–Crippen MR) is 56.7 cm³/mol. The number of hydrogen-bond acceptors (Lipinski definition) is 4. The zero-order valence-corrected chi connectivity index (χ0v) is 9.60. The first kappa shape index (κ1) is 13.7. The van der Waals surface area contributed by atoms with Crippen molar-refractivity contribution in [3.05, 3.63) is 0 Å². The molecule has 6 nitrogen and oxygen atoms in total. The van der Waals surface area contributed by atoms with E-state index < -0.39 is 6.04 Å². The molecule has 0 rings (SSSR count). The molecule has 0 heterocycles. The average Bonchev–Trinajstić information content (AvgIpc) is 2.22. The lowest BCUT2D eigenvalue weighted by atomic mass is 10.3. The molecule has 0 fully saturated rings. The molecule has 0 saturated heterocycles. The molecule has 0 saturated carbocycles. The largest absolute Gasteiger partial charge is 0.409 e. The molecule has 1 unspecified atom stereocenters. The highest BCUT2D eigenvalue weighted by atomic mass is 16.5. The van der Waals surface area contributed by atoms with E-state index in [2.05, 4.69) is 5.16 Å². The Labute approximate surface area is 89.7 Å². The van der Waals surface area contributed by atoms with E-state index in [1.807, 2.05) is 13.8 Å². The number of hydrogen-bond donors (Lipinski definition) is 2. The number of amidine groups is 1. The monoisotopic (exact) mass is 217 g/mol. The molecule has 15 heavy (non-hydrogen) atoms. The minimum atomic E-state index is -0.446. The van der Waals surface area contributed by atoms with Crippen LogP contribution < -0.4 is 5.73 Å². The third kappa shape index (κ3) is 4.64. The molecular formula is C9H19N3O3. The summed E-state index contributed by atoms with van der Waals surface area (Å²) in [4.78, 5) is 12.9. The lowest BCUT2D eigenvalue weighted by Crippen LogP contribution is -2.45. The molecule has 0 aromatic carbocycles. The van der Waals surface area contributed by atoms with Gasteiger partial charge in [-0.25, -0.2) is 0 Å². The van der Waals surface area contributed by atoms with Crippen LogP contribution in [0.4, 0.5) is 0 Å². The normalized spacial score (nSPS) is 14.1. The Hall–Kier alpha value is -1.30. The second-order valence-electron chi connectivity index (χ2n) is 3.57. The van der Waals surface area contributed by atoms with Crippen LogP contribution in [0.15, 0.2) is 5.16 Å². The Balaban J connectivity index is 4.20. The Bertz CT molecular complexity index is 241. The fraction of sp³-hybridized carbons (Fsp3) is 0.778. The first-order valence-corrected chi connectivity index (χ1v) is 4.74. The van der Waals surface area contributed by atoms with E-state index in [4.69, 9.17) is 15.7 Å². The van der Waals surface area contributed by atoms with Crippen LogP contribution in [-0.4, -0.2) is 47.7 Å². The summed E-state index contributed by atoms with van der Waals surface area (Å²) in [5.74, 6) is -0.210. The maximum absolute atomic E-state index is 11.5. The van der Waals surface area contributed by atoms with Crippen molar-refractivity contribution in [1.82, 2.24) is 4.90 Å². The number of nitrogens with two attached hydrogens (primary N) is 1. The maximum atomic E-state index is 11.5. The highest BCUT2D eigenvalue weighted by molar-refractivity contribution is 5.89. The fourth-order valence-electron chi connectivity index (χ4n) is 0.838. The van der Waals surface area contributed by atoms with Crippen LogP contribution in [0.5, 0.6) is 0 Å². The van der Waals surface area contributed by atoms with Crippen LogP contribution in [0.1, 0.15) is 20.8 Å². The lowest BCUT2D eigenvalue weighted by Gasteiger charge is -2.24. The number of nitrogens with zero attached hydrogens (tertiary/aromatic N) is 2. The van der Waals surface area contributed by atoms with Crippen molar-refractivity contribution in [2.24, 2.45) is 10.9 Å². The van der Waals surface area contributed by atoms with Gasteiger partial charge in [0.25, 0.3) is 0 Å². The third-order valence-electron chi connectivity index (χ3n) is 2.06. The lowest BCUT2D eigenvalue weighted by molar-refractivity contribution is -0.137. The number of oxime groups is 1. The fourth-order valence-corrected chi connectivity index (χ4v) is 0.838. The Morgan fingerprint density at radius 3 is 2.47 bits per heavy atom. The van der Waals surface area contributed by atoms with Gasteiger partial charge in [0.05, 0.1) is 12.1 Å². The molecule has 0 aromatic heterocycles. The first-order valence-electron chi connectivity index (χ1n) is 4.74. The first-order chi connectivity index (χ1) is 6.90. The van der Waals surface area contributed by atoms with Crippen LogP contribution in [0.25, 0.3) is 0 Å². The van der Waals surface area contributed by atoms with Gasteiger partial charge < -0.3 is 20.6 Å². The molecule has 0 radical (unpaired) electrons. The van der Waals surface area contributed by atoms with Gasteiger partial charge in [-0.3, -0.25) is 4.79 Å². The summed E-state index contributed by atoms with van der Waals surface area (Å²) in [6.07, 6.45) is 0.00140. The molecule has 1 amide bonds. The van der Waals surface area contributed by atoms with Gasteiger partial charge in [-0.1, -0.05) is 5.16 Å². The van der Waals surface area contributed by atoms with Gasteiger partial charge in [-0.2, -0.15) is 0 Å². The van der Waals surface area contributed by atoms with Crippen molar-refractivity contribution in [3.8, 4) is 0 Å². The third-order valence-corrected chi connectivity index (χ3v) is 2.06. The Kier molecular flexibility index (Phi) is 5.69. The van der Waals surface area contributed by atoms with Gasteiger partial charge in [-0.05, 0) is 20.8 Å². The smallest absolute Gasteiger partial charge is 0.248 e. The van der Waals surface area contributed by atoms with Crippen molar-refractivity contribution >= 4 is 11.7 Å². The Morgan fingerprint density at radius 2 is 2.07 bits per heavy atom. The van der Waals surface area contributed by atoms with Crippen molar-refractivity contribution < 1.29 is 14.7 Å². The second kappa shape index (κ2) is 6.23. The van der Waals surface area contributed by atoms with Crippen molar-refractivity contribution in [2.45, 2.75) is 32.9 Å². The van der Waals surface area contributed by atoms with Crippen molar-refractivity contribution in [1.29, 1.82) is 0 Å². The summed E-state index contributed by atoms with van der Waals surface area (Å²) < 4.78 is 5.15. The van der Waals surface area contributed by atoms with E-state index >= 15 is 0 Å². The average molecular weight is 217 g/mol. The van der Waals surface area contributed by atoms with Crippen LogP contribution in [-0.2, 0) is 9.53 Å². The Morgan fingerprint density at radius 1 is 1.53 bits per heavy atom. The molecule has 0 aliphatic carbocycles. The minimum Gasteiger partial charge on any atom is -0.409 e. The summed E-state index contributed by atoms with van der Waals surface area (Å²) in [6, 6.07) is -0.446. The van der Waals surface area contributed by atoms with Crippen LogP contribution >= 0.6 is 0 Å². The van der Waals surface area contributed by atoms with E-state index in [1.165, 1.54) is 4.90 Å². The van der Waals surface area contributed by atoms with Crippen LogP contribution in [0.2, 0.25) is 0 Å². The number of ether oxygens (including phenoxy) is 1.